The molecule has 5 nitrogen and oxygen atoms in total. The first-order chi connectivity index (χ1) is 7.10. The molecule has 1 heterocycles. The largest absolute Gasteiger partial charge is 0.373 e. The zero-order valence-electron chi connectivity index (χ0n) is 9.60. The number of nitrogens with zero attached hydrogens (tertiary/aromatic N) is 1. The number of amides is 1. The predicted octanol–water partition coefficient (Wildman–Crippen LogP) is -0.404. The van der Waals surface area contributed by atoms with Crippen LogP contribution in [0.1, 0.15) is 13.8 Å². The van der Waals surface area contributed by atoms with E-state index >= 15 is 0 Å². The van der Waals surface area contributed by atoms with Crippen LogP contribution in [0.5, 0.6) is 0 Å². The quantitative estimate of drug-likeness (QED) is 0.697. The number of ether oxygens (including phenoxy) is 2. The van der Waals surface area contributed by atoms with Gasteiger partial charge >= 0.3 is 0 Å². The fourth-order valence-corrected chi connectivity index (χ4v) is 1.60. The van der Waals surface area contributed by atoms with Crippen molar-refractivity contribution >= 4 is 5.91 Å². The molecule has 0 aromatic rings. The Balaban J connectivity index is 2.61. The number of hydrogen-bond acceptors (Lipinski definition) is 4. The Morgan fingerprint density at radius 2 is 2.40 bits per heavy atom. The number of rotatable bonds is 3. The Labute approximate surface area is 90.5 Å². The van der Waals surface area contributed by atoms with Crippen LogP contribution < -0.4 is 5.73 Å². The van der Waals surface area contributed by atoms with Crippen LogP contribution in [0.2, 0.25) is 0 Å². The molecular formula is C10H20N2O3. The van der Waals surface area contributed by atoms with E-state index in [4.69, 9.17) is 15.2 Å². The summed E-state index contributed by atoms with van der Waals surface area (Å²) in [5, 5.41) is 0. The fraction of sp³-hybridized carbons (Fsp3) is 0.900. The van der Waals surface area contributed by atoms with Crippen molar-refractivity contribution in [3.8, 4) is 0 Å². The van der Waals surface area contributed by atoms with E-state index in [1.54, 1.807) is 11.8 Å². The topological polar surface area (TPSA) is 64.8 Å². The molecule has 0 bridgehead atoms. The lowest BCUT2D eigenvalue weighted by atomic mass is 10.1. The van der Waals surface area contributed by atoms with E-state index in [-0.39, 0.29) is 18.1 Å². The minimum atomic E-state index is -0.399. The summed E-state index contributed by atoms with van der Waals surface area (Å²) in [6.45, 7) is 5.26. The average Bonchev–Trinajstić information content (AvgIpc) is 2.27. The predicted molar refractivity (Wildman–Crippen MR) is 56.4 cm³/mol. The molecule has 1 fully saturated rings. The highest BCUT2D eigenvalue weighted by Gasteiger charge is 2.31. The van der Waals surface area contributed by atoms with Crippen molar-refractivity contribution in [3.05, 3.63) is 0 Å². The molecule has 0 radical (unpaired) electrons. The van der Waals surface area contributed by atoms with Crippen LogP contribution in [0, 0.1) is 0 Å². The van der Waals surface area contributed by atoms with Crippen molar-refractivity contribution in [2.24, 2.45) is 5.73 Å². The van der Waals surface area contributed by atoms with Crippen LogP contribution in [-0.4, -0.2) is 55.9 Å². The Kier molecular flexibility index (Phi) is 4.50. The molecular weight excluding hydrogens is 196 g/mol. The molecule has 1 amide bonds. The smallest absolute Gasteiger partial charge is 0.251 e. The molecule has 1 saturated heterocycles. The van der Waals surface area contributed by atoms with Crippen molar-refractivity contribution in [2.45, 2.75) is 32.1 Å². The molecule has 0 aromatic carbocycles. The Hall–Kier alpha value is -0.650. The zero-order chi connectivity index (χ0) is 11.4. The summed E-state index contributed by atoms with van der Waals surface area (Å²) in [6, 6.07) is 0.0953. The van der Waals surface area contributed by atoms with Gasteiger partial charge in [-0.3, -0.25) is 4.79 Å². The molecule has 1 rings (SSSR count). The zero-order valence-corrected chi connectivity index (χ0v) is 9.60. The second-order valence-electron chi connectivity index (χ2n) is 3.91. The van der Waals surface area contributed by atoms with Gasteiger partial charge in [0.15, 0.2) is 0 Å². The van der Waals surface area contributed by atoms with Gasteiger partial charge in [-0.15, -0.1) is 0 Å². The standard InChI is InChI=1S/C10H20N2O3/c1-7-6-15-9(4-11)5-12(7)10(13)8(2)14-3/h7-9H,4-6,11H2,1-3H3. The van der Waals surface area contributed by atoms with Gasteiger partial charge in [0.05, 0.1) is 18.8 Å². The normalized spacial score (nSPS) is 28.9. The van der Waals surface area contributed by atoms with Crippen LogP contribution in [0.4, 0.5) is 0 Å². The molecule has 88 valence electrons. The molecule has 3 atom stereocenters. The molecule has 1 aliphatic rings. The van der Waals surface area contributed by atoms with Gasteiger partial charge in [-0.25, -0.2) is 0 Å². The molecule has 0 spiro atoms. The third-order valence-corrected chi connectivity index (χ3v) is 2.75. The van der Waals surface area contributed by atoms with Crippen molar-refractivity contribution in [2.75, 3.05) is 26.8 Å². The highest BCUT2D eigenvalue weighted by molar-refractivity contribution is 5.81. The van der Waals surface area contributed by atoms with Crippen LogP contribution in [0.3, 0.4) is 0 Å². The van der Waals surface area contributed by atoms with Gasteiger partial charge in [0.1, 0.15) is 6.10 Å². The van der Waals surface area contributed by atoms with Crippen LogP contribution in [0.15, 0.2) is 0 Å². The second kappa shape index (κ2) is 5.44. The first-order valence-electron chi connectivity index (χ1n) is 5.25. The number of hydrogen-bond donors (Lipinski definition) is 1. The van der Waals surface area contributed by atoms with E-state index in [0.717, 1.165) is 0 Å². The molecule has 5 heteroatoms. The molecule has 2 N–H and O–H groups in total. The van der Waals surface area contributed by atoms with Gasteiger partial charge in [-0.2, -0.15) is 0 Å². The van der Waals surface area contributed by atoms with Gasteiger partial charge in [-0.05, 0) is 13.8 Å². The van der Waals surface area contributed by atoms with Crippen molar-refractivity contribution < 1.29 is 14.3 Å². The summed E-state index contributed by atoms with van der Waals surface area (Å²) in [6.07, 6.45) is -0.446. The SMILES string of the molecule is COC(C)C(=O)N1CC(CN)OCC1C. The fourth-order valence-electron chi connectivity index (χ4n) is 1.60. The van der Waals surface area contributed by atoms with E-state index in [9.17, 15) is 4.79 Å². The maximum atomic E-state index is 11.9. The van der Waals surface area contributed by atoms with Gasteiger partial charge in [0.25, 0.3) is 5.91 Å². The molecule has 3 unspecified atom stereocenters. The molecule has 15 heavy (non-hydrogen) atoms. The van der Waals surface area contributed by atoms with Crippen molar-refractivity contribution in [1.29, 1.82) is 0 Å². The lowest BCUT2D eigenvalue weighted by Crippen LogP contribution is -2.55. The summed E-state index contributed by atoms with van der Waals surface area (Å²) in [5.41, 5.74) is 5.53. The maximum Gasteiger partial charge on any atom is 0.251 e. The summed E-state index contributed by atoms with van der Waals surface area (Å²) < 4.78 is 10.5. The summed E-state index contributed by atoms with van der Waals surface area (Å²) in [5.74, 6) is 0.00625. The van der Waals surface area contributed by atoms with E-state index in [2.05, 4.69) is 0 Å². The number of carbonyl (C=O) groups excluding carboxylic acids is 1. The van der Waals surface area contributed by atoms with Crippen molar-refractivity contribution in [1.82, 2.24) is 4.90 Å². The second-order valence-corrected chi connectivity index (χ2v) is 3.91. The Morgan fingerprint density at radius 3 is 2.93 bits per heavy atom. The first kappa shape index (κ1) is 12.4. The molecule has 0 aliphatic carbocycles. The van der Waals surface area contributed by atoms with Gasteiger partial charge in [0, 0.05) is 20.2 Å². The summed E-state index contributed by atoms with van der Waals surface area (Å²) in [7, 11) is 1.54. The van der Waals surface area contributed by atoms with Gasteiger partial charge in [-0.1, -0.05) is 0 Å². The third-order valence-electron chi connectivity index (χ3n) is 2.75. The number of methoxy groups -OCH3 is 1. The average molecular weight is 216 g/mol. The number of carbonyl (C=O) groups is 1. The maximum absolute atomic E-state index is 11.9. The van der Waals surface area contributed by atoms with Gasteiger partial charge in [0.2, 0.25) is 0 Å². The molecule has 0 aromatic heterocycles. The number of nitrogens with two attached hydrogens (primary N) is 1. The van der Waals surface area contributed by atoms with E-state index < -0.39 is 6.10 Å². The highest BCUT2D eigenvalue weighted by Crippen LogP contribution is 2.13. The van der Waals surface area contributed by atoms with Gasteiger partial charge < -0.3 is 20.1 Å². The molecule has 0 saturated carbocycles. The molecule has 1 aliphatic heterocycles. The summed E-state index contributed by atoms with van der Waals surface area (Å²) in [4.78, 5) is 13.7. The monoisotopic (exact) mass is 216 g/mol. The van der Waals surface area contributed by atoms with E-state index in [0.29, 0.717) is 19.7 Å². The first-order valence-corrected chi connectivity index (χ1v) is 5.25. The minimum Gasteiger partial charge on any atom is -0.373 e. The highest BCUT2D eigenvalue weighted by atomic mass is 16.5. The van der Waals surface area contributed by atoms with Crippen LogP contribution in [-0.2, 0) is 14.3 Å². The lowest BCUT2D eigenvalue weighted by molar-refractivity contribution is -0.153. The van der Waals surface area contributed by atoms with Crippen LogP contribution in [0.25, 0.3) is 0 Å². The van der Waals surface area contributed by atoms with Crippen molar-refractivity contribution in [3.63, 3.8) is 0 Å². The van der Waals surface area contributed by atoms with E-state index in [1.807, 2.05) is 6.92 Å². The minimum absolute atomic E-state index is 0.00625. The third kappa shape index (κ3) is 2.90. The number of morpholine rings is 1. The summed E-state index contributed by atoms with van der Waals surface area (Å²) >= 11 is 0. The Morgan fingerprint density at radius 1 is 1.73 bits per heavy atom. The van der Waals surface area contributed by atoms with Crippen LogP contribution >= 0.6 is 0 Å². The lowest BCUT2D eigenvalue weighted by Gasteiger charge is -2.38. The Bertz CT molecular complexity index is 223. The van der Waals surface area contributed by atoms with E-state index in [1.165, 1.54) is 7.11 Å².